The summed E-state index contributed by atoms with van der Waals surface area (Å²) in [4.78, 5) is 14.9. The summed E-state index contributed by atoms with van der Waals surface area (Å²) in [5.74, 6) is 0.554. The maximum atomic E-state index is 12.6. The molecule has 4 unspecified atom stereocenters. The van der Waals surface area contributed by atoms with Crippen LogP contribution >= 0.6 is 0 Å². The average molecular weight is 265 g/mol. The van der Waals surface area contributed by atoms with Crippen molar-refractivity contribution in [2.75, 3.05) is 7.05 Å². The molecule has 3 saturated heterocycles. The number of hydrogen-bond donors (Lipinski definition) is 0. The van der Waals surface area contributed by atoms with Gasteiger partial charge < -0.3 is 9.38 Å². The first-order chi connectivity index (χ1) is 8.89. The van der Waals surface area contributed by atoms with Crippen molar-refractivity contribution < 1.29 is 9.28 Å². The van der Waals surface area contributed by atoms with E-state index in [0.29, 0.717) is 36.1 Å². The number of nitrogens with zero attached hydrogens (tertiary/aromatic N) is 2. The Kier molecular flexibility index (Phi) is 2.97. The molecule has 0 aromatic heterocycles. The maximum absolute atomic E-state index is 12.6. The van der Waals surface area contributed by atoms with Crippen molar-refractivity contribution in [3.63, 3.8) is 0 Å². The van der Waals surface area contributed by atoms with E-state index in [1.54, 1.807) is 0 Å². The van der Waals surface area contributed by atoms with Crippen molar-refractivity contribution in [2.45, 2.75) is 83.6 Å². The number of carbonyl (C=O) groups is 1. The lowest BCUT2D eigenvalue weighted by Crippen LogP contribution is -2.72. The monoisotopic (exact) mass is 265 g/mol. The van der Waals surface area contributed by atoms with Gasteiger partial charge >= 0.3 is 0 Å². The highest BCUT2D eigenvalue weighted by molar-refractivity contribution is 5.79. The molecule has 3 aliphatic rings. The molecule has 0 N–H and O–H groups in total. The third-order valence-corrected chi connectivity index (χ3v) is 6.41. The highest BCUT2D eigenvalue weighted by atomic mass is 16.2. The fourth-order valence-electron chi connectivity index (χ4n) is 5.28. The topological polar surface area (TPSA) is 20.3 Å². The van der Waals surface area contributed by atoms with Crippen molar-refractivity contribution in [1.82, 2.24) is 4.90 Å². The van der Waals surface area contributed by atoms with Crippen LogP contribution in [0.2, 0.25) is 0 Å². The Morgan fingerprint density at radius 2 is 1.47 bits per heavy atom. The van der Waals surface area contributed by atoms with Gasteiger partial charge in [-0.2, -0.15) is 0 Å². The molecule has 3 heteroatoms. The fourth-order valence-corrected chi connectivity index (χ4v) is 5.28. The summed E-state index contributed by atoms with van der Waals surface area (Å²) in [6.45, 7) is 8.83. The smallest absolute Gasteiger partial charge is 0.226 e. The molecule has 0 aromatic rings. The highest BCUT2D eigenvalue weighted by Gasteiger charge is 2.64. The first-order valence-corrected chi connectivity index (χ1v) is 8.06. The van der Waals surface area contributed by atoms with Crippen LogP contribution in [0.5, 0.6) is 0 Å². The number of quaternary nitrogens is 1. The zero-order valence-corrected chi connectivity index (χ0v) is 13.1. The van der Waals surface area contributed by atoms with Gasteiger partial charge in [0.15, 0.2) is 0 Å². The van der Waals surface area contributed by atoms with Gasteiger partial charge in [-0.05, 0) is 26.7 Å². The molecule has 19 heavy (non-hydrogen) atoms. The van der Waals surface area contributed by atoms with E-state index in [1.165, 1.54) is 30.2 Å². The van der Waals surface area contributed by atoms with Crippen molar-refractivity contribution in [3.8, 4) is 0 Å². The van der Waals surface area contributed by atoms with Crippen LogP contribution in [0, 0.1) is 5.92 Å². The number of likely N-dealkylation sites (N-methyl/N-ethyl adjacent to an activating group) is 1. The first-order valence-electron chi connectivity index (χ1n) is 8.06. The third-order valence-electron chi connectivity index (χ3n) is 6.41. The Morgan fingerprint density at radius 3 is 1.84 bits per heavy atom. The zero-order chi connectivity index (χ0) is 13.9. The summed E-state index contributed by atoms with van der Waals surface area (Å²) >= 11 is 0. The SMILES string of the molecule is CC(C)C(=O)N1C2CCC1C1CCC2[N+]1(C)C(C)C. The van der Waals surface area contributed by atoms with Crippen LogP contribution in [0.15, 0.2) is 0 Å². The van der Waals surface area contributed by atoms with E-state index in [4.69, 9.17) is 0 Å². The standard InChI is InChI=1S/C16H29N2O/c1-10(2)16(19)17-12-6-7-13(17)15-9-8-14(12)18(15,5)11(3)4/h10-15H,6-9H2,1-5H3/q+1. The Balaban J connectivity index is 1.97. The summed E-state index contributed by atoms with van der Waals surface area (Å²) < 4.78 is 1.22. The van der Waals surface area contributed by atoms with Gasteiger partial charge in [-0.1, -0.05) is 13.8 Å². The molecule has 0 aliphatic carbocycles. The molecular formula is C16H29N2O+. The molecule has 3 fully saturated rings. The zero-order valence-electron chi connectivity index (χ0n) is 13.1. The average Bonchev–Trinajstić information content (AvgIpc) is 2.78. The van der Waals surface area contributed by atoms with Crippen molar-refractivity contribution in [3.05, 3.63) is 0 Å². The van der Waals surface area contributed by atoms with Gasteiger partial charge in [0.2, 0.25) is 5.91 Å². The number of amides is 1. The number of hydrogen-bond acceptors (Lipinski definition) is 1. The van der Waals surface area contributed by atoms with Gasteiger partial charge in [-0.3, -0.25) is 4.79 Å². The quantitative estimate of drug-likeness (QED) is 0.702. The van der Waals surface area contributed by atoms with Gasteiger partial charge in [0.1, 0.15) is 12.1 Å². The van der Waals surface area contributed by atoms with E-state index in [1.807, 2.05) is 0 Å². The van der Waals surface area contributed by atoms with E-state index in [0.717, 1.165) is 0 Å². The second-order valence-corrected chi connectivity index (χ2v) is 7.64. The normalized spacial score (nSPS) is 44.5. The minimum Gasteiger partial charge on any atom is -0.325 e. The molecule has 3 heterocycles. The van der Waals surface area contributed by atoms with Crippen molar-refractivity contribution in [1.29, 1.82) is 0 Å². The number of rotatable bonds is 2. The Hall–Kier alpha value is -0.570. The summed E-state index contributed by atoms with van der Waals surface area (Å²) in [5, 5.41) is 0. The van der Waals surface area contributed by atoms with Gasteiger partial charge in [-0.25, -0.2) is 0 Å². The maximum Gasteiger partial charge on any atom is 0.226 e. The summed E-state index contributed by atoms with van der Waals surface area (Å²) in [6, 6.07) is 3.09. The minimum atomic E-state index is 0.151. The third kappa shape index (κ3) is 1.57. The molecular weight excluding hydrogens is 236 g/mol. The molecule has 3 nitrogen and oxygen atoms in total. The van der Waals surface area contributed by atoms with Crippen LogP contribution in [-0.4, -0.2) is 52.5 Å². The molecule has 0 radical (unpaired) electrons. The van der Waals surface area contributed by atoms with Gasteiger partial charge in [0, 0.05) is 18.8 Å². The fraction of sp³-hybridized carbons (Fsp3) is 0.938. The van der Waals surface area contributed by atoms with Crippen LogP contribution in [0.4, 0.5) is 0 Å². The number of fused-ring (bicyclic) bond motifs is 6. The lowest BCUT2D eigenvalue weighted by molar-refractivity contribution is -0.970. The first kappa shape index (κ1) is 13.4. The summed E-state index contributed by atoms with van der Waals surface area (Å²) in [6.07, 6.45) is 5.13. The lowest BCUT2D eigenvalue weighted by Gasteiger charge is -2.55. The Bertz CT molecular complexity index is 370. The van der Waals surface area contributed by atoms with E-state index < -0.39 is 0 Å². The van der Waals surface area contributed by atoms with Gasteiger partial charge in [0.05, 0.1) is 25.2 Å². The van der Waals surface area contributed by atoms with Crippen LogP contribution in [-0.2, 0) is 4.79 Å². The number of piperazine rings is 1. The molecule has 4 atom stereocenters. The van der Waals surface area contributed by atoms with Crippen molar-refractivity contribution in [2.24, 2.45) is 5.92 Å². The highest BCUT2D eigenvalue weighted by Crippen LogP contribution is 2.50. The second-order valence-electron chi connectivity index (χ2n) is 7.64. The lowest BCUT2D eigenvalue weighted by atomic mass is 9.97. The summed E-state index contributed by atoms with van der Waals surface area (Å²) in [5.41, 5.74) is 0. The second kappa shape index (κ2) is 4.21. The molecule has 4 bridgehead atoms. The molecule has 108 valence electrons. The predicted molar refractivity (Wildman–Crippen MR) is 76.6 cm³/mol. The van der Waals surface area contributed by atoms with Gasteiger partial charge in [-0.15, -0.1) is 0 Å². The van der Waals surface area contributed by atoms with E-state index in [2.05, 4.69) is 39.6 Å². The van der Waals surface area contributed by atoms with Gasteiger partial charge in [0.25, 0.3) is 0 Å². The van der Waals surface area contributed by atoms with Crippen LogP contribution in [0.25, 0.3) is 0 Å². The molecule has 0 aromatic carbocycles. The Morgan fingerprint density at radius 1 is 1.00 bits per heavy atom. The molecule has 3 aliphatic heterocycles. The minimum absolute atomic E-state index is 0.151. The summed E-state index contributed by atoms with van der Waals surface area (Å²) in [7, 11) is 2.45. The Labute approximate surface area is 117 Å². The molecule has 1 amide bonds. The molecule has 3 rings (SSSR count). The van der Waals surface area contributed by atoms with Crippen LogP contribution in [0.3, 0.4) is 0 Å². The van der Waals surface area contributed by atoms with E-state index in [9.17, 15) is 4.79 Å². The van der Waals surface area contributed by atoms with Crippen LogP contribution in [0.1, 0.15) is 53.4 Å². The van der Waals surface area contributed by atoms with Crippen molar-refractivity contribution >= 4 is 5.91 Å². The van der Waals surface area contributed by atoms with E-state index >= 15 is 0 Å². The van der Waals surface area contributed by atoms with Crippen LogP contribution < -0.4 is 0 Å². The largest absolute Gasteiger partial charge is 0.325 e. The molecule has 0 saturated carbocycles. The molecule has 0 spiro atoms. The number of carbonyl (C=O) groups excluding carboxylic acids is 1. The van der Waals surface area contributed by atoms with E-state index in [-0.39, 0.29) is 5.92 Å². The predicted octanol–water partition coefficient (Wildman–Crippen LogP) is 2.40.